The molecule has 4 fully saturated rings. The lowest BCUT2D eigenvalue weighted by Gasteiger charge is -2.25. The van der Waals surface area contributed by atoms with Crippen molar-refractivity contribution in [2.75, 3.05) is 45.8 Å². The van der Waals surface area contributed by atoms with E-state index in [0.29, 0.717) is 17.2 Å². The predicted octanol–water partition coefficient (Wildman–Crippen LogP) is 1.32. The van der Waals surface area contributed by atoms with Gasteiger partial charge in [-0.25, -0.2) is 0 Å². The first kappa shape index (κ1) is 14.0. The molecule has 0 aromatic heterocycles. The number of carbonyl (C=O) groups excluding carboxylic acids is 1. The van der Waals surface area contributed by atoms with E-state index in [4.69, 9.17) is 0 Å². The first-order chi connectivity index (χ1) is 10.3. The van der Waals surface area contributed by atoms with Crippen molar-refractivity contribution in [3.8, 4) is 0 Å². The summed E-state index contributed by atoms with van der Waals surface area (Å²) < 4.78 is 0. The lowest BCUT2D eigenvalue weighted by atomic mass is 9.91. The molecule has 4 heteroatoms. The maximum Gasteiger partial charge on any atom is 0.226 e. The highest BCUT2D eigenvalue weighted by Gasteiger charge is 2.58. The Kier molecular flexibility index (Phi) is 3.70. The zero-order valence-corrected chi connectivity index (χ0v) is 13.1. The van der Waals surface area contributed by atoms with E-state index < -0.39 is 0 Å². The van der Waals surface area contributed by atoms with Gasteiger partial charge >= 0.3 is 0 Å². The van der Waals surface area contributed by atoms with E-state index in [1.54, 1.807) is 0 Å². The summed E-state index contributed by atoms with van der Waals surface area (Å²) >= 11 is 0. The van der Waals surface area contributed by atoms with Gasteiger partial charge in [0.15, 0.2) is 0 Å². The molecule has 0 radical (unpaired) electrons. The molecule has 1 saturated carbocycles. The summed E-state index contributed by atoms with van der Waals surface area (Å²) in [6.45, 7) is 8.06. The van der Waals surface area contributed by atoms with Gasteiger partial charge in [-0.05, 0) is 76.0 Å². The molecule has 1 aliphatic carbocycles. The molecule has 1 N–H and O–H groups in total. The number of likely N-dealkylation sites (tertiary alicyclic amines) is 2. The third-order valence-corrected chi connectivity index (χ3v) is 6.40. The van der Waals surface area contributed by atoms with Gasteiger partial charge in [0, 0.05) is 25.6 Å². The Bertz CT molecular complexity index is 399. The first-order valence-electron chi connectivity index (χ1n) is 8.99. The molecule has 3 saturated heterocycles. The minimum absolute atomic E-state index is 0.366. The predicted molar refractivity (Wildman–Crippen MR) is 83.0 cm³/mol. The average Bonchev–Trinajstić information content (AvgIpc) is 2.92. The number of nitrogens with one attached hydrogen (secondary N) is 1. The zero-order chi connectivity index (χ0) is 14.3. The fraction of sp³-hybridized carbons (Fsp3) is 0.941. The highest BCUT2D eigenvalue weighted by atomic mass is 16.2. The topological polar surface area (TPSA) is 35.6 Å². The molecule has 118 valence electrons. The normalized spacial score (nSPS) is 35.5. The summed E-state index contributed by atoms with van der Waals surface area (Å²) in [5, 5.41) is 3.43. The molecule has 3 aliphatic heterocycles. The molecule has 4 aliphatic rings. The van der Waals surface area contributed by atoms with Gasteiger partial charge in [0.2, 0.25) is 5.91 Å². The molecule has 4 nitrogen and oxygen atoms in total. The quantitative estimate of drug-likeness (QED) is 0.852. The van der Waals surface area contributed by atoms with Crippen molar-refractivity contribution in [1.82, 2.24) is 15.1 Å². The SMILES string of the molecule is O=C(C1CC12CCNCC2)N1CCC(CN2CCCC2)C1. The molecule has 0 aromatic rings. The van der Waals surface area contributed by atoms with Gasteiger partial charge in [-0.3, -0.25) is 4.79 Å². The van der Waals surface area contributed by atoms with Crippen LogP contribution in [0.3, 0.4) is 0 Å². The van der Waals surface area contributed by atoms with Crippen LogP contribution < -0.4 is 5.32 Å². The number of piperidine rings is 1. The van der Waals surface area contributed by atoms with E-state index in [1.807, 2.05) is 0 Å². The van der Waals surface area contributed by atoms with Crippen molar-refractivity contribution < 1.29 is 4.79 Å². The molecular formula is C17H29N3O. The lowest BCUT2D eigenvalue weighted by molar-refractivity contribution is -0.132. The Morgan fingerprint density at radius 1 is 1.14 bits per heavy atom. The number of amides is 1. The first-order valence-corrected chi connectivity index (χ1v) is 8.99. The van der Waals surface area contributed by atoms with Gasteiger partial charge < -0.3 is 15.1 Å². The number of hydrogen-bond donors (Lipinski definition) is 1. The summed E-state index contributed by atoms with van der Waals surface area (Å²) in [7, 11) is 0. The van der Waals surface area contributed by atoms with Gasteiger partial charge in [0.1, 0.15) is 0 Å². The monoisotopic (exact) mass is 291 g/mol. The van der Waals surface area contributed by atoms with Gasteiger partial charge in [-0.2, -0.15) is 0 Å². The standard InChI is InChI=1S/C17H29N3O/c21-16(15-11-17(15)4-6-18-7-5-17)20-10-3-14(13-20)12-19-8-1-2-9-19/h14-15,18H,1-13H2. The second-order valence-electron chi connectivity index (χ2n) is 7.82. The molecule has 1 spiro atoms. The van der Waals surface area contributed by atoms with E-state index in [-0.39, 0.29) is 0 Å². The summed E-state index contributed by atoms with van der Waals surface area (Å²) in [6, 6.07) is 0. The van der Waals surface area contributed by atoms with Crippen LogP contribution in [-0.2, 0) is 4.79 Å². The highest BCUT2D eigenvalue weighted by molar-refractivity contribution is 5.83. The molecule has 4 rings (SSSR count). The van der Waals surface area contributed by atoms with E-state index >= 15 is 0 Å². The Morgan fingerprint density at radius 2 is 1.90 bits per heavy atom. The molecule has 3 heterocycles. The van der Waals surface area contributed by atoms with Crippen LogP contribution in [0, 0.1) is 17.3 Å². The Hall–Kier alpha value is -0.610. The molecule has 2 unspecified atom stereocenters. The maximum atomic E-state index is 12.8. The van der Waals surface area contributed by atoms with Crippen LogP contribution in [0.4, 0.5) is 0 Å². The Labute approximate surface area is 128 Å². The van der Waals surface area contributed by atoms with Crippen molar-refractivity contribution in [1.29, 1.82) is 0 Å². The van der Waals surface area contributed by atoms with Gasteiger partial charge in [0.25, 0.3) is 0 Å². The van der Waals surface area contributed by atoms with Crippen molar-refractivity contribution in [2.24, 2.45) is 17.3 Å². The van der Waals surface area contributed by atoms with E-state index in [9.17, 15) is 4.79 Å². The van der Waals surface area contributed by atoms with Crippen LogP contribution in [0.2, 0.25) is 0 Å². The fourth-order valence-corrected chi connectivity index (χ4v) is 4.91. The number of nitrogens with zero attached hydrogens (tertiary/aromatic N) is 2. The minimum Gasteiger partial charge on any atom is -0.342 e. The van der Waals surface area contributed by atoms with Crippen molar-refractivity contribution >= 4 is 5.91 Å². The summed E-state index contributed by atoms with van der Waals surface area (Å²) in [6.07, 6.45) is 7.56. The fourth-order valence-electron chi connectivity index (χ4n) is 4.91. The zero-order valence-electron chi connectivity index (χ0n) is 13.1. The van der Waals surface area contributed by atoms with Crippen LogP contribution >= 0.6 is 0 Å². The number of rotatable bonds is 3. The average molecular weight is 291 g/mol. The third-order valence-electron chi connectivity index (χ3n) is 6.40. The summed E-state index contributed by atoms with van der Waals surface area (Å²) in [5.41, 5.74) is 0.398. The molecule has 2 atom stereocenters. The number of carbonyl (C=O) groups is 1. The van der Waals surface area contributed by atoms with E-state index in [2.05, 4.69) is 15.1 Å². The maximum absolute atomic E-state index is 12.8. The summed E-state index contributed by atoms with van der Waals surface area (Å²) in [4.78, 5) is 17.6. The van der Waals surface area contributed by atoms with E-state index in [0.717, 1.165) is 32.1 Å². The summed E-state index contributed by atoms with van der Waals surface area (Å²) in [5.74, 6) is 1.58. The second kappa shape index (κ2) is 5.54. The third kappa shape index (κ3) is 2.72. The van der Waals surface area contributed by atoms with Gasteiger partial charge in [-0.1, -0.05) is 0 Å². The van der Waals surface area contributed by atoms with Gasteiger partial charge in [-0.15, -0.1) is 0 Å². The lowest BCUT2D eigenvalue weighted by Crippen LogP contribution is -2.36. The molecule has 0 bridgehead atoms. The molecule has 21 heavy (non-hydrogen) atoms. The highest BCUT2D eigenvalue weighted by Crippen LogP contribution is 2.59. The smallest absolute Gasteiger partial charge is 0.226 e. The minimum atomic E-state index is 0.366. The van der Waals surface area contributed by atoms with Crippen molar-refractivity contribution in [3.63, 3.8) is 0 Å². The van der Waals surface area contributed by atoms with Crippen LogP contribution in [0.5, 0.6) is 0 Å². The van der Waals surface area contributed by atoms with Crippen LogP contribution in [0.15, 0.2) is 0 Å². The van der Waals surface area contributed by atoms with Crippen LogP contribution in [0.25, 0.3) is 0 Å². The largest absolute Gasteiger partial charge is 0.342 e. The Morgan fingerprint density at radius 3 is 2.67 bits per heavy atom. The molecular weight excluding hydrogens is 262 g/mol. The Balaban J connectivity index is 1.28. The second-order valence-corrected chi connectivity index (χ2v) is 7.82. The molecule has 0 aromatic carbocycles. The molecule has 1 amide bonds. The van der Waals surface area contributed by atoms with Gasteiger partial charge in [0.05, 0.1) is 0 Å². The number of hydrogen-bond acceptors (Lipinski definition) is 3. The van der Waals surface area contributed by atoms with Crippen LogP contribution in [0.1, 0.15) is 38.5 Å². The van der Waals surface area contributed by atoms with Crippen LogP contribution in [-0.4, -0.2) is 61.5 Å². The van der Waals surface area contributed by atoms with E-state index in [1.165, 1.54) is 58.2 Å². The van der Waals surface area contributed by atoms with Crippen molar-refractivity contribution in [3.05, 3.63) is 0 Å². The van der Waals surface area contributed by atoms with Crippen molar-refractivity contribution in [2.45, 2.75) is 38.5 Å².